The van der Waals surface area contributed by atoms with Crippen LogP contribution in [0.25, 0.3) is 16.6 Å². The maximum absolute atomic E-state index is 14.1. The van der Waals surface area contributed by atoms with Crippen molar-refractivity contribution in [1.82, 2.24) is 24.4 Å². The van der Waals surface area contributed by atoms with E-state index in [2.05, 4.69) is 14.8 Å². The fourth-order valence-corrected chi connectivity index (χ4v) is 8.61. The highest BCUT2D eigenvalue weighted by molar-refractivity contribution is 7.88. The van der Waals surface area contributed by atoms with E-state index in [1.165, 1.54) is 46.1 Å². The number of aromatic nitrogens is 3. The average Bonchev–Trinajstić information content (AvgIpc) is 3.94. The van der Waals surface area contributed by atoms with E-state index in [0.29, 0.717) is 28.0 Å². The van der Waals surface area contributed by atoms with Gasteiger partial charge in [-0.25, -0.2) is 40.7 Å². The molecule has 18 heteroatoms. The second-order valence-electron chi connectivity index (χ2n) is 13.9. The van der Waals surface area contributed by atoms with Gasteiger partial charge in [0.15, 0.2) is 11.6 Å². The van der Waals surface area contributed by atoms with Gasteiger partial charge >= 0.3 is 6.03 Å². The number of imide groups is 1. The molecule has 14 nitrogen and oxygen atoms in total. The molecule has 4 N–H and O–H groups in total. The van der Waals surface area contributed by atoms with Gasteiger partial charge in [0.25, 0.3) is 12.3 Å². The second kappa shape index (κ2) is 15.0. The number of nitrogens with one attached hydrogen (secondary N) is 2. The van der Waals surface area contributed by atoms with Crippen molar-refractivity contribution in [2.75, 3.05) is 23.8 Å². The summed E-state index contributed by atoms with van der Waals surface area (Å²) in [6, 6.07) is 21.0. The van der Waals surface area contributed by atoms with Gasteiger partial charge in [-0.3, -0.25) is 9.59 Å². The number of hydrogen-bond donors (Lipinski definition) is 3. The number of sulfonamides is 1. The first-order chi connectivity index (χ1) is 27.8. The number of hydrogen-bond acceptors (Lipinski definition) is 9. The number of urea groups is 1. The van der Waals surface area contributed by atoms with Crippen LogP contribution in [0.5, 0.6) is 17.2 Å². The number of aryl methyl sites for hydroxylation is 1. The second-order valence-corrected chi connectivity index (χ2v) is 15.6. The number of nitrogens with two attached hydrogens (primary N) is 1. The van der Waals surface area contributed by atoms with E-state index in [1.54, 1.807) is 67.6 Å². The summed E-state index contributed by atoms with van der Waals surface area (Å²) in [5.74, 6) is -1.85. The Morgan fingerprint density at radius 2 is 1.76 bits per heavy atom. The highest BCUT2D eigenvalue weighted by Crippen LogP contribution is 2.40. The molecule has 6 aromatic rings. The summed E-state index contributed by atoms with van der Waals surface area (Å²) in [7, 11) is -3.82. The predicted molar refractivity (Wildman–Crippen MR) is 206 cm³/mol. The number of halogens is 3. The standard InChI is InChI=1S/C40H34F3N7O7S/c1-22-13-26(57-34-10-6-5-9-28(34)41)11-12-31(22)50-38(44)27(18-45-50)37(51)30-14-24-15-35(56-20-36(42)43)32(17-29(24)46-30)49-39(52)33-16-25(19-48(33)40(49)53)47-58(54,55)21-23-7-3-2-4-8-23/h2-15,17-18,25,33,36,46-47H,16,19-21,44H2,1H3/t25?,33-/m0/s1. The van der Waals surface area contributed by atoms with Crippen LogP contribution in [0, 0.1) is 12.7 Å². The molecule has 2 aromatic heterocycles. The van der Waals surface area contributed by atoms with Gasteiger partial charge in [-0.15, -0.1) is 0 Å². The minimum Gasteiger partial charge on any atom is -0.485 e. The largest absolute Gasteiger partial charge is 0.485 e. The number of fused-ring (bicyclic) bond motifs is 2. The molecule has 0 saturated carbocycles. The fourth-order valence-electron chi connectivity index (χ4n) is 7.22. The van der Waals surface area contributed by atoms with Crippen LogP contribution in [-0.4, -0.2) is 77.5 Å². The number of benzene rings is 4. The minimum absolute atomic E-state index is 0.00526. The van der Waals surface area contributed by atoms with Crippen LogP contribution in [0.4, 0.5) is 29.5 Å². The van der Waals surface area contributed by atoms with E-state index in [1.807, 2.05) is 0 Å². The van der Waals surface area contributed by atoms with Crippen molar-refractivity contribution < 1.29 is 45.4 Å². The lowest BCUT2D eigenvalue weighted by Gasteiger charge is -2.21. The average molecular weight is 814 g/mol. The molecule has 4 aromatic carbocycles. The summed E-state index contributed by atoms with van der Waals surface area (Å²) >= 11 is 0. The van der Waals surface area contributed by atoms with Crippen LogP contribution in [0.15, 0.2) is 97.2 Å². The molecule has 1 unspecified atom stereocenters. The summed E-state index contributed by atoms with van der Waals surface area (Å²) in [6.45, 7) is 0.618. The first-order valence-corrected chi connectivity index (χ1v) is 19.6. The van der Waals surface area contributed by atoms with Gasteiger partial charge in [-0.05, 0) is 73.0 Å². The summed E-state index contributed by atoms with van der Waals surface area (Å²) in [6.07, 6.45) is -1.60. The van der Waals surface area contributed by atoms with Gasteiger partial charge in [0.1, 0.15) is 30.0 Å². The first-order valence-electron chi connectivity index (χ1n) is 17.9. The quantitative estimate of drug-likeness (QED) is 0.0920. The Kier molecular flexibility index (Phi) is 9.90. The molecular formula is C40H34F3N7O7S. The first kappa shape index (κ1) is 38.2. The van der Waals surface area contributed by atoms with Crippen LogP contribution in [0.3, 0.4) is 0 Å². The van der Waals surface area contributed by atoms with Gasteiger partial charge < -0.3 is 25.1 Å². The zero-order valence-corrected chi connectivity index (χ0v) is 31.4. The molecule has 0 bridgehead atoms. The van der Waals surface area contributed by atoms with Gasteiger partial charge in [-0.2, -0.15) is 5.10 Å². The number of rotatable bonds is 13. The highest BCUT2D eigenvalue weighted by Gasteiger charge is 2.52. The lowest BCUT2D eigenvalue weighted by atomic mass is 10.1. The minimum atomic E-state index is -3.82. The van der Waals surface area contributed by atoms with Crippen molar-refractivity contribution >= 4 is 50.2 Å². The number of carbonyl (C=O) groups excluding carboxylic acids is 3. The monoisotopic (exact) mass is 813 g/mol. The Balaban J connectivity index is 1.03. The van der Waals surface area contributed by atoms with Crippen molar-refractivity contribution in [2.45, 2.75) is 37.6 Å². The van der Waals surface area contributed by atoms with E-state index in [-0.39, 0.29) is 58.5 Å². The number of ether oxygens (including phenoxy) is 2. The number of para-hydroxylation sites is 1. The van der Waals surface area contributed by atoms with Gasteiger partial charge in [0.05, 0.1) is 34.6 Å². The number of H-pyrrole nitrogens is 1. The number of carbonyl (C=O) groups is 3. The SMILES string of the molecule is Cc1cc(Oc2ccccc2F)ccc1-n1ncc(C(=O)c2cc3cc(OCC(F)F)c(N4C(=O)[C@@H]5CC(NS(=O)(=O)Cc6ccccc6)CN5C4=O)cc3[nH]2)c1N. The lowest BCUT2D eigenvalue weighted by molar-refractivity contribution is -0.119. The molecule has 2 saturated heterocycles. The zero-order chi connectivity index (χ0) is 40.9. The highest BCUT2D eigenvalue weighted by atomic mass is 32.2. The van der Waals surface area contributed by atoms with Crippen molar-refractivity contribution in [3.63, 3.8) is 0 Å². The molecule has 0 aliphatic carbocycles. The summed E-state index contributed by atoms with van der Waals surface area (Å²) < 4.78 is 81.7. The van der Waals surface area contributed by atoms with Gasteiger partial charge in [-0.1, -0.05) is 42.5 Å². The molecule has 4 heterocycles. The van der Waals surface area contributed by atoms with Crippen molar-refractivity contribution in [3.05, 3.63) is 125 Å². The normalized spacial score (nSPS) is 16.8. The van der Waals surface area contributed by atoms with Gasteiger partial charge in [0.2, 0.25) is 15.8 Å². The number of ketones is 1. The number of amides is 3. The number of aromatic amines is 1. The van der Waals surface area contributed by atoms with Crippen molar-refractivity contribution in [1.29, 1.82) is 0 Å². The van der Waals surface area contributed by atoms with Crippen molar-refractivity contribution in [3.8, 4) is 22.9 Å². The van der Waals surface area contributed by atoms with E-state index >= 15 is 0 Å². The third-order valence-corrected chi connectivity index (χ3v) is 11.3. The Labute approximate surface area is 329 Å². The predicted octanol–water partition coefficient (Wildman–Crippen LogP) is 6.08. The molecule has 2 aliphatic heterocycles. The van der Waals surface area contributed by atoms with Gasteiger partial charge in [0, 0.05) is 23.5 Å². The smallest absolute Gasteiger partial charge is 0.332 e. The Morgan fingerprint density at radius 1 is 1.00 bits per heavy atom. The third-order valence-electron chi connectivity index (χ3n) is 9.85. The topological polar surface area (TPSA) is 182 Å². The van der Waals surface area contributed by atoms with E-state index < -0.39 is 58.7 Å². The molecule has 2 aliphatic rings. The molecule has 0 radical (unpaired) electrons. The number of nitrogen functional groups attached to an aromatic ring is 1. The molecule has 8 rings (SSSR count). The molecule has 2 fully saturated rings. The van der Waals surface area contributed by atoms with Crippen LogP contribution >= 0.6 is 0 Å². The molecule has 2 atom stereocenters. The molecule has 3 amide bonds. The summed E-state index contributed by atoms with van der Waals surface area (Å²) in [4.78, 5) is 46.4. The summed E-state index contributed by atoms with van der Waals surface area (Å²) in [5, 5.41) is 4.67. The van der Waals surface area contributed by atoms with Crippen molar-refractivity contribution in [2.24, 2.45) is 0 Å². The molecule has 58 heavy (non-hydrogen) atoms. The molecule has 298 valence electrons. The zero-order valence-electron chi connectivity index (χ0n) is 30.6. The van der Waals surface area contributed by atoms with Crippen LogP contribution in [0.2, 0.25) is 0 Å². The maximum Gasteiger partial charge on any atom is 0.332 e. The molecular weight excluding hydrogens is 780 g/mol. The van der Waals surface area contributed by atoms with Crippen LogP contribution < -0.4 is 24.8 Å². The summed E-state index contributed by atoms with van der Waals surface area (Å²) in [5.41, 5.74) is 8.40. The lowest BCUT2D eigenvalue weighted by Crippen LogP contribution is -2.41. The number of anilines is 2. The van der Waals surface area contributed by atoms with Crippen LogP contribution in [-0.2, 0) is 20.6 Å². The maximum atomic E-state index is 14.1. The Bertz CT molecular complexity index is 2680. The number of alkyl halides is 2. The fraction of sp³-hybridized carbons (Fsp3) is 0.200. The van der Waals surface area contributed by atoms with E-state index in [0.717, 1.165) is 4.90 Å². The molecule has 0 spiro atoms. The number of nitrogens with zero attached hydrogens (tertiary/aromatic N) is 4. The van der Waals surface area contributed by atoms with Crippen LogP contribution in [0.1, 0.15) is 33.6 Å². The Hall–Kier alpha value is -6.66. The van der Waals surface area contributed by atoms with E-state index in [4.69, 9.17) is 15.2 Å². The third kappa shape index (κ3) is 7.34. The Morgan fingerprint density at radius 3 is 2.48 bits per heavy atom. The van der Waals surface area contributed by atoms with E-state index in [9.17, 15) is 36.0 Å².